The van der Waals surface area contributed by atoms with E-state index in [1.807, 2.05) is 31.2 Å². The predicted molar refractivity (Wildman–Crippen MR) is 188 cm³/mol. The van der Waals surface area contributed by atoms with Crippen molar-refractivity contribution in [1.29, 1.82) is 0 Å². The number of methoxy groups -OCH3 is 2. The molecule has 0 saturated carbocycles. The summed E-state index contributed by atoms with van der Waals surface area (Å²) in [5, 5.41) is 0. The number of hydrogen-bond donors (Lipinski definition) is 0. The van der Waals surface area contributed by atoms with E-state index in [1.165, 1.54) is 4.31 Å². The van der Waals surface area contributed by atoms with E-state index in [9.17, 15) is 16.8 Å². The van der Waals surface area contributed by atoms with Gasteiger partial charge in [0.25, 0.3) is 10.1 Å². The Morgan fingerprint density at radius 2 is 1.73 bits per heavy atom. The second kappa shape index (κ2) is 15.8. The molecule has 49 heavy (non-hydrogen) atoms. The minimum absolute atomic E-state index is 0.0605. The van der Waals surface area contributed by atoms with Crippen LogP contribution in [-0.4, -0.2) is 86.7 Å². The summed E-state index contributed by atoms with van der Waals surface area (Å²) in [6.07, 6.45) is 1.67. The number of aryl methyl sites for hydroxylation is 1. The Morgan fingerprint density at radius 1 is 1.00 bits per heavy atom. The smallest absolute Gasteiger partial charge is 0.264 e. The van der Waals surface area contributed by atoms with Gasteiger partial charge < -0.3 is 23.8 Å². The number of piperidine rings is 1. The lowest BCUT2D eigenvalue weighted by molar-refractivity contribution is -0.0410. The van der Waals surface area contributed by atoms with Crippen LogP contribution in [0, 0.1) is 6.92 Å². The van der Waals surface area contributed by atoms with Gasteiger partial charge in [-0.2, -0.15) is 12.7 Å². The summed E-state index contributed by atoms with van der Waals surface area (Å²) in [5.41, 5.74) is 2.48. The molecule has 0 unspecified atom stereocenters. The minimum Gasteiger partial charge on any atom is -0.497 e. The van der Waals surface area contributed by atoms with Gasteiger partial charge in [-0.1, -0.05) is 35.9 Å². The van der Waals surface area contributed by atoms with Crippen LogP contribution in [0.1, 0.15) is 49.3 Å². The van der Waals surface area contributed by atoms with Crippen molar-refractivity contribution in [3.8, 4) is 11.5 Å². The van der Waals surface area contributed by atoms with Crippen molar-refractivity contribution in [2.75, 3.05) is 58.2 Å². The molecule has 0 amide bonds. The number of ether oxygens (including phenoxy) is 4. The average Bonchev–Trinajstić information content (AvgIpc) is 3.07. The van der Waals surface area contributed by atoms with Crippen LogP contribution in [0.15, 0.2) is 71.6 Å². The monoisotopic (exact) mass is 716 g/mol. The first-order valence-corrected chi connectivity index (χ1v) is 19.8. The molecule has 0 aliphatic carbocycles. The molecule has 0 bridgehead atoms. The fourth-order valence-electron chi connectivity index (χ4n) is 6.85. The van der Waals surface area contributed by atoms with Gasteiger partial charge in [-0.05, 0) is 87.1 Å². The Morgan fingerprint density at radius 3 is 2.41 bits per heavy atom. The summed E-state index contributed by atoms with van der Waals surface area (Å²) in [6, 6.07) is 20.1. The second-order valence-corrected chi connectivity index (χ2v) is 16.3. The number of benzene rings is 3. The maximum absolute atomic E-state index is 14.7. The molecule has 0 spiro atoms. The number of fused-ring (bicyclic) bond motifs is 1. The van der Waals surface area contributed by atoms with Gasteiger partial charge in [-0.3, -0.25) is 4.18 Å². The first kappa shape index (κ1) is 37.1. The maximum atomic E-state index is 14.7. The average molecular weight is 717 g/mol. The number of rotatable bonds is 15. The zero-order chi connectivity index (χ0) is 35.2. The molecule has 2 aliphatic heterocycles. The van der Waals surface area contributed by atoms with E-state index in [4.69, 9.17) is 23.1 Å². The molecule has 3 aromatic rings. The maximum Gasteiger partial charge on any atom is 0.264 e. The molecule has 1 fully saturated rings. The molecule has 268 valence electrons. The topological polar surface area (TPSA) is 121 Å². The van der Waals surface area contributed by atoms with Crippen molar-refractivity contribution in [1.82, 2.24) is 4.31 Å². The van der Waals surface area contributed by atoms with Crippen LogP contribution in [-0.2, 0) is 45.9 Å². The third-order valence-electron chi connectivity index (χ3n) is 9.17. The second-order valence-electron chi connectivity index (χ2n) is 12.9. The molecule has 13 heteroatoms. The largest absolute Gasteiger partial charge is 0.497 e. The van der Waals surface area contributed by atoms with E-state index in [2.05, 4.69) is 11.0 Å². The molecule has 3 atom stereocenters. The molecule has 0 N–H and O–H groups in total. The van der Waals surface area contributed by atoms with Crippen molar-refractivity contribution in [2.45, 2.75) is 68.8 Å². The first-order chi connectivity index (χ1) is 23.3. The Bertz CT molecular complexity index is 1770. The van der Waals surface area contributed by atoms with Gasteiger partial charge in [0.2, 0.25) is 10.0 Å². The van der Waals surface area contributed by atoms with Crippen LogP contribution >= 0.6 is 0 Å². The van der Waals surface area contributed by atoms with Crippen molar-refractivity contribution in [3.63, 3.8) is 0 Å². The summed E-state index contributed by atoms with van der Waals surface area (Å²) in [7, 11) is -4.64. The quantitative estimate of drug-likeness (QED) is 0.152. The van der Waals surface area contributed by atoms with Gasteiger partial charge >= 0.3 is 0 Å². The lowest BCUT2D eigenvalue weighted by Crippen LogP contribution is -2.57. The molecule has 2 heterocycles. The molecule has 5 rings (SSSR count). The van der Waals surface area contributed by atoms with Gasteiger partial charge in [-0.25, -0.2) is 8.42 Å². The van der Waals surface area contributed by atoms with Crippen LogP contribution in [0.25, 0.3) is 0 Å². The number of nitrogens with zero attached hydrogens (tertiary/aromatic N) is 2. The summed E-state index contributed by atoms with van der Waals surface area (Å²) in [4.78, 5) is 2.44. The number of anilines is 1. The first-order valence-electron chi connectivity index (χ1n) is 16.6. The third-order valence-corrected chi connectivity index (χ3v) is 11.8. The SMILES string of the molecule is COCCCN1CCOc2ccc(CO[C@@H]3CC[C@@](C[C@@H](C)OS(C)(=O)=O)(c4ccc(OC)cc4)N(S(=O)(=O)c4ccc(C)cc4)C3)cc21. The number of sulfonamides is 1. The van der Waals surface area contributed by atoms with Crippen LogP contribution < -0.4 is 14.4 Å². The highest BCUT2D eigenvalue weighted by Crippen LogP contribution is 2.46. The molecule has 1 saturated heterocycles. The Labute approximate surface area is 291 Å². The van der Waals surface area contributed by atoms with E-state index < -0.39 is 37.9 Å². The molecule has 3 aromatic carbocycles. The zero-order valence-electron chi connectivity index (χ0n) is 29.0. The highest BCUT2D eigenvalue weighted by molar-refractivity contribution is 7.89. The van der Waals surface area contributed by atoms with Crippen LogP contribution in [0.5, 0.6) is 11.5 Å². The van der Waals surface area contributed by atoms with Crippen LogP contribution in [0.2, 0.25) is 0 Å². The lowest BCUT2D eigenvalue weighted by Gasteiger charge is -2.49. The Balaban J connectivity index is 1.47. The molecule has 0 radical (unpaired) electrons. The zero-order valence-corrected chi connectivity index (χ0v) is 30.6. The van der Waals surface area contributed by atoms with E-state index in [0.717, 1.165) is 53.9 Å². The fraction of sp³-hybridized carbons (Fsp3) is 0.500. The lowest BCUT2D eigenvalue weighted by atomic mass is 9.77. The molecule has 11 nitrogen and oxygen atoms in total. The van der Waals surface area contributed by atoms with Crippen LogP contribution in [0.3, 0.4) is 0 Å². The van der Waals surface area contributed by atoms with Gasteiger partial charge in [0.15, 0.2) is 0 Å². The summed E-state index contributed by atoms with van der Waals surface area (Å²) in [6.45, 7) is 6.82. The fourth-order valence-corrected chi connectivity index (χ4v) is 9.34. The molecular formula is C36H48N2O9S2. The Hall–Kier alpha value is -3.20. The predicted octanol–water partition coefficient (Wildman–Crippen LogP) is 5.26. The van der Waals surface area contributed by atoms with Gasteiger partial charge in [-0.15, -0.1) is 0 Å². The van der Waals surface area contributed by atoms with Crippen LogP contribution in [0.4, 0.5) is 5.69 Å². The normalized spacial score (nSPS) is 20.8. The van der Waals surface area contributed by atoms with Crippen molar-refractivity contribution in [2.24, 2.45) is 0 Å². The van der Waals surface area contributed by atoms with Crippen molar-refractivity contribution >= 4 is 25.8 Å². The number of hydrogen-bond acceptors (Lipinski definition) is 10. The molecule has 0 aromatic heterocycles. The van der Waals surface area contributed by atoms with Crippen molar-refractivity contribution in [3.05, 3.63) is 83.4 Å². The summed E-state index contributed by atoms with van der Waals surface area (Å²) >= 11 is 0. The highest BCUT2D eigenvalue weighted by atomic mass is 32.2. The van der Waals surface area contributed by atoms with Crippen molar-refractivity contribution < 1.29 is 40.0 Å². The van der Waals surface area contributed by atoms with E-state index in [-0.39, 0.29) is 24.5 Å². The summed E-state index contributed by atoms with van der Waals surface area (Å²) in [5.74, 6) is 1.45. The standard InChI is InChI=1S/C36H48N2O9S2/c1-27-7-14-33(15-8-27)49(41,42)38-25-32(46-26-29-9-16-35-34(23-29)37(20-22-45-35)19-6-21-43-3)17-18-36(38,24-28(2)47-48(5,39)40)30-10-12-31(44-4)13-11-30/h7-16,23,28,32H,6,17-22,24-26H2,1-5H3/t28-,32-,36-/m1/s1. The Kier molecular flexibility index (Phi) is 11.9. The van der Waals surface area contributed by atoms with Gasteiger partial charge in [0, 0.05) is 26.8 Å². The van der Waals surface area contributed by atoms with E-state index in [0.29, 0.717) is 31.8 Å². The minimum atomic E-state index is -4.10. The third kappa shape index (κ3) is 8.94. The van der Waals surface area contributed by atoms with E-state index >= 15 is 0 Å². The summed E-state index contributed by atoms with van der Waals surface area (Å²) < 4.78 is 83.6. The highest BCUT2D eigenvalue weighted by Gasteiger charge is 2.50. The van der Waals surface area contributed by atoms with Gasteiger partial charge in [0.05, 0.1) is 54.8 Å². The van der Waals surface area contributed by atoms with Gasteiger partial charge in [0.1, 0.15) is 18.1 Å². The molecular weight excluding hydrogens is 669 g/mol. The van der Waals surface area contributed by atoms with E-state index in [1.54, 1.807) is 57.5 Å². The molecule has 2 aliphatic rings.